The van der Waals surface area contributed by atoms with Crippen LogP contribution in [0.25, 0.3) is 22.3 Å². The zero-order valence-electron chi connectivity index (χ0n) is 13.1. The van der Waals surface area contributed by atoms with Crippen molar-refractivity contribution < 1.29 is 8.42 Å². The van der Waals surface area contributed by atoms with Gasteiger partial charge in [-0.3, -0.25) is 19.5 Å². The van der Waals surface area contributed by atoms with Gasteiger partial charge in [0.15, 0.2) is 0 Å². The number of hydrogen-bond acceptors (Lipinski definition) is 6. The van der Waals surface area contributed by atoms with Crippen LogP contribution in [0.1, 0.15) is 0 Å². The summed E-state index contributed by atoms with van der Waals surface area (Å²) in [6, 6.07) is 8.41. The molecule has 0 aliphatic rings. The van der Waals surface area contributed by atoms with Crippen molar-refractivity contribution in [3.05, 3.63) is 48.9 Å². The zero-order valence-corrected chi connectivity index (χ0v) is 13.9. The third-order valence-electron chi connectivity index (χ3n) is 3.74. The van der Waals surface area contributed by atoms with Gasteiger partial charge in [-0.05, 0) is 18.2 Å². The fourth-order valence-corrected chi connectivity index (χ4v) is 3.55. The van der Waals surface area contributed by atoms with Gasteiger partial charge in [0.2, 0.25) is 0 Å². The number of pyridine rings is 1. The van der Waals surface area contributed by atoms with E-state index in [4.69, 9.17) is 0 Å². The number of nitrogens with one attached hydrogen (secondary N) is 2. The number of aryl methyl sites for hydroxylation is 1. The number of hydrogen-bond donors (Lipinski definition) is 2. The van der Waals surface area contributed by atoms with E-state index >= 15 is 0 Å². The SMILES string of the molecule is Cn1ncc2cccc(NS(=O)(=O)c3ccc(-c4cnn[nH]4)nc3)c21. The lowest BCUT2D eigenvalue weighted by Crippen LogP contribution is -2.14. The van der Waals surface area contributed by atoms with Gasteiger partial charge in [-0.25, -0.2) is 8.42 Å². The second-order valence-corrected chi connectivity index (χ2v) is 7.05. The first-order valence-electron chi connectivity index (χ1n) is 7.30. The van der Waals surface area contributed by atoms with Crippen molar-refractivity contribution in [2.24, 2.45) is 7.05 Å². The van der Waals surface area contributed by atoms with Crippen LogP contribution in [-0.2, 0) is 17.1 Å². The molecule has 0 fully saturated rings. The van der Waals surface area contributed by atoms with Crippen LogP contribution in [0.3, 0.4) is 0 Å². The summed E-state index contributed by atoms with van der Waals surface area (Å²) in [7, 11) is -2.02. The second-order valence-electron chi connectivity index (χ2n) is 5.37. The molecule has 0 radical (unpaired) electrons. The first-order chi connectivity index (χ1) is 12.0. The Bertz CT molecular complexity index is 1130. The third-order valence-corrected chi connectivity index (χ3v) is 5.09. The zero-order chi connectivity index (χ0) is 17.4. The molecule has 10 heteroatoms. The molecule has 0 spiro atoms. The van der Waals surface area contributed by atoms with Gasteiger partial charge in [0, 0.05) is 18.6 Å². The summed E-state index contributed by atoms with van der Waals surface area (Å²) in [5.41, 5.74) is 2.33. The van der Waals surface area contributed by atoms with E-state index in [1.165, 1.54) is 18.5 Å². The topological polar surface area (TPSA) is 118 Å². The van der Waals surface area contributed by atoms with E-state index in [9.17, 15) is 8.42 Å². The summed E-state index contributed by atoms with van der Waals surface area (Å²) >= 11 is 0. The molecule has 4 aromatic rings. The van der Waals surface area contributed by atoms with Crippen molar-refractivity contribution in [2.75, 3.05) is 4.72 Å². The normalized spacial score (nSPS) is 11.7. The minimum atomic E-state index is -3.78. The molecule has 9 nitrogen and oxygen atoms in total. The maximum Gasteiger partial charge on any atom is 0.263 e. The van der Waals surface area contributed by atoms with E-state index in [1.807, 2.05) is 6.07 Å². The minimum Gasteiger partial charge on any atom is -0.277 e. The lowest BCUT2D eigenvalue weighted by atomic mass is 10.2. The molecule has 0 amide bonds. The fraction of sp³-hybridized carbons (Fsp3) is 0.0667. The van der Waals surface area contributed by atoms with E-state index in [0.717, 1.165) is 5.39 Å². The van der Waals surface area contributed by atoms with E-state index in [2.05, 4.69) is 30.2 Å². The molecular formula is C15H13N7O2S. The van der Waals surface area contributed by atoms with E-state index in [0.29, 0.717) is 22.6 Å². The highest BCUT2D eigenvalue weighted by Gasteiger charge is 2.17. The van der Waals surface area contributed by atoms with Crippen LogP contribution < -0.4 is 4.72 Å². The Kier molecular flexibility index (Phi) is 3.46. The highest BCUT2D eigenvalue weighted by Crippen LogP contribution is 2.25. The molecule has 0 unspecified atom stereocenters. The number of fused-ring (bicyclic) bond motifs is 1. The van der Waals surface area contributed by atoms with Crippen molar-refractivity contribution in [3.8, 4) is 11.4 Å². The average Bonchev–Trinajstić information content (AvgIpc) is 3.26. The van der Waals surface area contributed by atoms with Gasteiger partial charge in [-0.2, -0.15) is 5.10 Å². The smallest absolute Gasteiger partial charge is 0.263 e. The fourth-order valence-electron chi connectivity index (χ4n) is 2.54. The van der Waals surface area contributed by atoms with E-state index in [-0.39, 0.29) is 4.90 Å². The van der Waals surface area contributed by atoms with Crippen LogP contribution in [0, 0.1) is 0 Å². The first kappa shape index (κ1) is 15.3. The van der Waals surface area contributed by atoms with Gasteiger partial charge in [0.25, 0.3) is 10.0 Å². The van der Waals surface area contributed by atoms with Crippen molar-refractivity contribution in [1.82, 2.24) is 30.2 Å². The van der Waals surface area contributed by atoms with Crippen LogP contribution in [0.4, 0.5) is 5.69 Å². The van der Waals surface area contributed by atoms with Crippen molar-refractivity contribution >= 4 is 26.6 Å². The van der Waals surface area contributed by atoms with Gasteiger partial charge in [0.05, 0.1) is 29.3 Å². The van der Waals surface area contributed by atoms with Crippen molar-refractivity contribution in [1.29, 1.82) is 0 Å². The van der Waals surface area contributed by atoms with Crippen LogP contribution in [-0.4, -0.2) is 38.6 Å². The molecule has 25 heavy (non-hydrogen) atoms. The molecule has 0 aliphatic heterocycles. The number of aromatic amines is 1. The number of aromatic nitrogens is 6. The first-order valence-corrected chi connectivity index (χ1v) is 8.79. The Morgan fingerprint density at radius 1 is 1.12 bits per heavy atom. The Morgan fingerprint density at radius 2 is 2.00 bits per heavy atom. The number of benzene rings is 1. The molecule has 0 aliphatic carbocycles. The highest BCUT2D eigenvalue weighted by atomic mass is 32.2. The van der Waals surface area contributed by atoms with Crippen LogP contribution >= 0.6 is 0 Å². The highest BCUT2D eigenvalue weighted by molar-refractivity contribution is 7.92. The quantitative estimate of drug-likeness (QED) is 0.573. The van der Waals surface area contributed by atoms with Crippen LogP contribution in [0.15, 0.2) is 53.8 Å². The van der Waals surface area contributed by atoms with Crippen molar-refractivity contribution in [2.45, 2.75) is 4.90 Å². The Morgan fingerprint density at radius 3 is 2.72 bits per heavy atom. The summed E-state index contributed by atoms with van der Waals surface area (Å²) in [4.78, 5) is 4.21. The van der Waals surface area contributed by atoms with Crippen LogP contribution in [0.2, 0.25) is 0 Å². The number of anilines is 1. The molecule has 0 saturated heterocycles. The Balaban J connectivity index is 1.68. The monoisotopic (exact) mass is 355 g/mol. The maximum atomic E-state index is 12.7. The summed E-state index contributed by atoms with van der Waals surface area (Å²) in [6.45, 7) is 0. The summed E-state index contributed by atoms with van der Waals surface area (Å²) in [6.07, 6.45) is 4.49. The second kappa shape index (κ2) is 5.67. The number of nitrogens with zero attached hydrogens (tertiary/aromatic N) is 5. The molecule has 4 rings (SSSR count). The van der Waals surface area contributed by atoms with Crippen molar-refractivity contribution in [3.63, 3.8) is 0 Å². The lowest BCUT2D eigenvalue weighted by molar-refractivity contribution is 0.601. The molecule has 3 heterocycles. The van der Waals surface area contributed by atoms with E-state index < -0.39 is 10.0 Å². The van der Waals surface area contributed by atoms with E-state index in [1.54, 1.807) is 36.1 Å². The predicted molar refractivity (Wildman–Crippen MR) is 91.1 cm³/mol. The molecular weight excluding hydrogens is 342 g/mol. The summed E-state index contributed by atoms with van der Waals surface area (Å²) < 4.78 is 29.5. The molecule has 3 aromatic heterocycles. The number of H-pyrrole nitrogens is 1. The Labute approximate surface area is 142 Å². The van der Waals surface area contributed by atoms with Gasteiger partial charge in [-0.1, -0.05) is 17.3 Å². The molecule has 0 bridgehead atoms. The molecule has 126 valence electrons. The predicted octanol–water partition coefficient (Wildman–Crippen LogP) is 1.55. The molecule has 0 saturated carbocycles. The van der Waals surface area contributed by atoms with Crippen LogP contribution in [0.5, 0.6) is 0 Å². The lowest BCUT2D eigenvalue weighted by Gasteiger charge is -2.10. The molecule has 2 N–H and O–H groups in total. The molecule has 1 aromatic carbocycles. The molecule has 0 atom stereocenters. The summed E-state index contributed by atoms with van der Waals surface area (Å²) in [5.74, 6) is 0. The number of sulfonamides is 1. The number of para-hydroxylation sites is 1. The van der Waals surface area contributed by atoms with Gasteiger partial charge < -0.3 is 0 Å². The maximum absolute atomic E-state index is 12.7. The summed E-state index contributed by atoms with van der Waals surface area (Å²) in [5, 5.41) is 15.0. The van der Waals surface area contributed by atoms with Gasteiger partial charge in [-0.15, -0.1) is 5.10 Å². The van der Waals surface area contributed by atoms with Gasteiger partial charge in [0.1, 0.15) is 10.6 Å². The standard InChI is InChI=1S/C15H13N7O2S/c1-22-15-10(7-18-22)3-2-4-13(15)20-25(23,24)11-5-6-12(16-8-11)14-9-17-21-19-14/h2-9,20H,1H3,(H,17,19,21). The van der Waals surface area contributed by atoms with Gasteiger partial charge >= 0.3 is 0 Å². The third kappa shape index (κ3) is 2.72. The minimum absolute atomic E-state index is 0.0582. The Hall–Kier alpha value is -3.27. The largest absolute Gasteiger partial charge is 0.277 e. The number of rotatable bonds is 4. The average molecular weight is 355 g/mol.